The van der Waals surface area contributed by atoms with Crippen molar-refractivity contribution in [3.8, 4) is 0 Å². The number of benzene rings is 1. The van der Waals surface area contributed by atoms with Gasteiger partial charge in [0.05, 0.1) is 6.61 Å². The van der Waals surface area contributed by atoms with Gasteiger partial charge >= 0.3 is 0 Å². The Morgan fingerprint density at radius 2 is 2.06 bits per heavy atom. The van der Waals surface area contributed by atoms with Gasteiger partial charge in [-0.2, -0.15) is 0 Å². The maximum absolute atomic E-state index is 10.6. The van der Waals surface area contributed by atoms with Gasteiger partial charge in [0.1, 0.15) is 6.29 Å². The number of hydrogen-bond acceptors (Lipinski definition) is 4. The van der Waals surface area contributed by atoms with Gasteiger partial charge in [-0.25, -0.2) is 0 Å². The van der Waals surface area contributed by atoms with Crippen LogP contribution in [0, 0.1) is 0 Å². The molecule has 102 valence electrons. The second-order valence-corrected chi connectivity index (χ2v) is 4.09. The zero-order valence-corrected chi connectivity index (χ0v) is 11.8. The van der Waals surface area contributed by atoms with E-state index in [0.717, 1.165) is 37.1 Å². The fourth-order valence-corrected chi connectivity index (χ4v) is 1.40. The number of ether oxygens (including phenoxy) is 1. The second-order valence-electron chi connectivity index (χ2n) is 4.09. The number of rotatable bonds is 6. The van der Waals surface area contributed by atoms with Crippen LogP contribution in [0.4, 0.5) is 0 Å². The van der Waals surface area contributed by atoms with Crippen LogP contribution in [0.15, 0.2) is 24.3 Å². The number of hydrogen-bond donors (Lipinski definition) is 1. The second kappa shape index (κ2) is 10.9. The lowest BCUT2D eigenvalue weighted by atomic mass is 10.1. The summed E-state index contributed by atoms with van der Waals surface area (Å²) in [6.45, 7) is 2.46. The third-order valence-electron chi connectivity index (χ3n) is 2.22. The SMILES string of the molecule is CNC.COCCN(C)Cc1cccc(C=O)c1. The molecule has 1 aromatic rings. The highest BCUT2D eigenvalue weighted by Crippen LogP contribution is 2.05. The predicted octanol–water partition coefficient (Wildman–Crippen LogP) is 1.41. The van der Waals surface area contributed by atoms with Gasteiger partial charge < -0.3 is 10.1 Å². The predicted molar refractivity (Wildman–Crippen MR) is 75.0 cm³/mol. The molecule has 4 heteroatoms. The molecule has 0 aliphatic heterocycles. The Hall–Kier alpha value is -1.23. The molecule has 0 atom stereocenters. The van der Waals surface area contributed by atoms with Crippen LogP contribution in [0.3, 0.4) is 0 Å². The van der Waals surface area contributed by atoms with E-state index in [0.29, 0.717) is 0 Å². The Morgan fingerprint density at radius 1 is 1.39 bits per heavy atom. The third-order valence-corrected chi connectivity index (χ3v) is 2.22. The minimum atomic E-state index is 0.726. The van der Waals surface area contributed by atoms with Gasteiger partial charge in [-0.05, 0) is 32.8 Å². The first kappa shape index (κ1) is 16.8. The van der Waals surface area contributed by atoms with E-state index in [4.69, 9.17) is 4.74 Å². The molecule has 0 unspecified atom stereocenters. The van der Waals surface area contributed by atoms with Crippen LogP contribution in [0.1, 0.15) is 15.9 Å². The van der Waals surface area contributed by atoms with Crippen molar-refractivity contribution >= 4 is 6.29 Å². The van der Waals surface area contributed by atoms with Crippen molar-refractivity contribution in [2.24, 2.45) is 0 Å². The lowest BCUT2D eigenvalue weighted by Gasteiger charge is -2.15. The number of nitrogens with one attached hydrogen (secondary N) is 1. The van der Waals surface area contributed by atoms with E-state index in [1.54, 1.807) is 7.11 Å². The van der Waals surface area contributed by atoms with Crippen molar-refractivity contribution in [2.45, 2.75) is 6.54 Å². The van der Waals surface area contributed by atoms with Crippen LogP contribution in [-0.2, 0) is 11.3 Å². The Kier molecular flexibility index (Phi) is 10.2. The number of carbonyl (C=O) groups excluding carboxylic acids is 1. The fourth-order valence-electron chi connectivity index (χ4n) is 1.40. The third kappa shape index (κ3) is 7.95. The number of methoxy groups -OCH3 is 1. The van der Waals surface area contributed by atoms with E-state index < -0.39 is 0 Å². The van der Waals surface area contributed by atoms with Crippen molar-refractivity contribution < 1.29 is 9.53 Å². The maximum atomic E-state index is 10.6. The molecule has 1 rings (SSSR count). The number of nitrogens with zero attached hydrogens (tertiary/aromatic N) is 1. The highest BCUT2D eigenvalue weighted by molar-refractivity contribution is 5.74. The largest absolute Gasteiger partial charge is 0.383 e. The van der Waals surface area contributed by atoms with E-state index in [1.165, 1.54) is 0 Å². The minimum absolute atomic E-state index is 0.726. The highest BCUT2D eigenvalue weighted by Gasteiger charge is 2.00. The molecule has 0 aromatic heterocycles. The first-order chi connectivity index (χ1) is 8.67. The van der Waals surface area contributed by atoms with E-state index in [2.05, 4.69) is 10.2 Å². The average molecular weight is 252 g/mol. The molecule has 0 saturated carbocycles. The summed E-state index contributed by atoms with van der Waals surface area (Å²) in [5, 5.41) is 2.75. The standard InChI is InChI=1S/C12H17NO2.C2H7N/c1-13(6-7-15-2)9-11-4-3-5-12(8-11)10-14;1-3-2/h3-5,8,10H,6-7,9H2,1-2H3;3H,1-2H3. The van der Waals surface area contributed by atoms with E-state index in [9.17, 15) is 4.79 Å². The zero-order valence-electron chi connectivity index (χ0n) is 11.8. The van der Waals surface area contributed by atoms with Gasteiger partial charge in [0.2, 0.25) is 0 Å². The maximum Gasteiger partial charge on any atom is 0.150 e. The van der Waals surface area contributed by atoms with Crippen molar-refractivity contribution in [1.82, 2.24) is 10.2 Å². The summed E-state index contributed by atoms with van der Waals surface area (Å²) in [6, 6.07) is 7.65. The fraction of sp³-hybridized carbons (Fsp3) is 0.500. The molecular formula is C14H24N2O2. The van der Waals surface area contributed by atoms with Crippen molar-refractivity contribution in [1.29, 1.82) is 0 Å². The van der Waals surface area contributed by atoms with Gasteiger partial charge in [-0.3, -0.25) is 9.69 Å². The molecule has 0 bridgehead atoms. The normalized spacial score (nSPS) is 9.83. The molecule has 18 heavy (non-hydrogen) atoms. The number of carbonyl (C=O) groups is 1. The number of likely N-dealkylation sites (N-methyl/N-ethyl adjacent to an activating group) is 1. The summed E-state index contributed by atoms with van der Waals surface area (Å²) in [5.74, 6) is 0. The van der Waals surface area contributed by atoms with Gasteiger partial charge in [0.15, 0.2) is 0 Å². The molecule has 0 radical (unpaired) electrons. The van der Waals surface area contributed by atoms with Crippen LogP contribution < -0.4 is 5.32 Å². The summed E-state index contributed by atoms with van der Waals surface area (Å²) >= 11 is 0. The van der Waals surface area contributed by atoms with Crippen LogP contribution in [0.5, 0.6) is 0 Å². The molecule has 1 N–H and O–H groups in total. The Bertz CT molecular complexity index is 329. The van der Waals surface area contributed by atoms with Gasteiger partial charge in [-0.15, -0.1) is 0 Å². The van der Waals surface area contributed by atoms with Crippen LogP contribution in [-0.4, -0.2) is 52.6 Å². The molecule has 0 amide bonds. The zero-order chi connectivity index (χ0) is 13.8. The van der Waals surface area contributed by atoms with Gasteiger partial charge in [0.25, 0.3) is 0 Å². The van der Waals surface area contributed by atoms with Gasteiger partial charge in [0, 0.05) is 25.8 Å². The first-order valence-electron chi connectivity index (χ1n) is 5.98. The Balaban J connectivity index is 0.000000873. The van der Waals surface area contributed by atoms with E-state index in [-0.39, 0.29) is 0 Å². The quantitative estimate of drug-likeness (QED) is 0.777. The van der Waals surface area contributed by atoms with Crippen LogP contribution in [0.2, 0.25) is 0 Å². The molecule has 0 heterocycles. The summed E-state index contributed by atoms with van der Waals surface area (Å²) in [6.07, 6.45) is 0.874. The molecule has 0 fully saturated rings. The molecule has 0 saturated heterocycles. The molecule has 0 aliphatic rings. The molecule has 1 aromatic carbocycles. The summed E-state index contributed by atoms with van der Waals surface area (Å²) < 4.78 is 5.00. The Labute approximate surface area is 110 Å². The summed E-state index contributed by atoms with van der Waals surface area (Å²) in [7, 11) is 7.48. The summed E-state index contributed by atoms with van der Waals surface area (Å²) in [5.41, 5.74) is 1.88. The van der Waals surface area contributed by atoms with E-state index >= 15 is 0 Å². The molecule has 4 nitrogen and oxygen atoms in total. The van der Waals surface area contributed by atoms with Crippen molar-refractivity contribution in [2.75, 3.05) is 41.4 Å². The highest BCUT2D eigenvalue weighted by atomic mass is 16.5. The van der Waals surface area contributed by atoms with Crippen molar-refractivity contribution in [3.05, 3.63) is 35.4 Å². The first-order valence-corrected chi connectivity index (χ1v) is 5.98. The minimum Gasteiger partial charge on any atom is -0.383 e. The topological polar surface area (TPSA) is 41.6 Å². The number of aldehydes is 1. The molecular weight excluding hydrogens is 228 g/mol. The average Bonchev–Trinajstić information content (AvgIpc) is 2.37. The molecule has 0 aliphatic carbocycles. The smallest absolute Gasteiger partial charge is 0.150 e. The lowest BCUT2D eigenvalue weighted by molar-refractivity contribution is 0.112. The van der Waals surface area contributed by atoms with Gasteiger partial charge in [-0.1, -0.05) is 18.2 Å². The van der Waals surface area contributed by atoms with Crippen LogP contribution >= 0.6 is 0 Å². The van der Waals surface area contributed by atoms with Crippen LogP contribution in [0.25, 0.3) is 0 Å². The van der Waals surface area contributed by atoms with E-state index in [1.807, 2.05) is 45.4 Å². The molecule has 0 spiro atoms. The monoisotopic (exact) mass is 252 g/mol. The lowest BCUT2D eigenvalue weighted by Crippen LogP contribution is -2.22. The van der Waals surface area contributed by atoms with Crippen molar-refractivity contribution in [3.63, 3.8) is 0 Å². The summed E-state index contributed by atoms with van der Waals surface area (Å²) in [4.78, 5) is 12.7. The Morgan fingerprint density at radius 3 is 2.61 bits per heavy atom.